The fraction of sp³-hybridized carbons (Fsp3) is 0.500. The average molecular weight is 199 g/mol. The second-order valence-corrected chi connectivity index (χ2v) is 8.41. The van der Waals surface area contributed by atoms with Gasteiger partial charge in [-0.2, -0.15) is 0 Å². The molecule has 0 N–H and O–H groups in total. The van der Waals surface area contributed by atoms with Crippen molar-refractivity contribution in [2.24, 2.45) is 0 Å². The average Bonchev–Trinajstić information content (AvgIpc) is 1.69. The van der Waals surface area contributed by atoms with Crippen LogP contribution in [0.3, 0.4) is 0 Å². The third-order valence-electron chi connectivity index (χ3n) is 0.302. The van der Waals surface area contributed by atoms with E-state index in [2.05, 4.69) is 12.8 Å². The topological polar surface area (TPSA) is 0 Å². The van der Waals surface area contributed by atoms with Crippen LogP contribution in [0.4, 0.5) is 0 Å². The molecule has 0 bridgehead atoms. The summed E-state index contributed by atoms with van der Waals surface area (Å²) in [6.07, 6.45) is 4.08. The van der Waals surface area contributed by atoms with Gasteiger partial charge in [0.2, 0.25) is 0 Å². The van der Waals surface area contributed by atoms with Crippen LogP contribution in [-0.2, 0) is 0 Å². The molecule has 0 aromatic rings. The van der Waals surface area contributed by atoms with Crippen molar-refractivity contribution in [3.63, 3.8) is 0 Å². The van der Waals surface area contributed by atoms with Crippen LogP contribution in [0.2, 0.25) is 0 Å². The van der Waals surface area contributed by atoms with E-state index in [-0.39, 0.29) is 0 Å². The van der Waals surface area contributed by atoms with Crippen molar-refractivity contribution < 1.29 is 0 Å². The van der Waals surface area contributed by atoms with Crippen LogP contribution in [0.1, 0.15) is 0 Å². The molecule has 0 aliphatic rings. The van der Waals surface area contributed by atoms with E-state index in [1.807, 2.05) is 26.4 Å². The molecule has 0 heterocycles. The summed E-state index contributed by atoms with van der Waals surface area (Å²) in [5, 5.41) is 0. The molecule has 0 saturated heterocycles. The molecule has 0 radical (unpaired) electrons. The van der Waals surface area contributed by atoms with Crippen LogP contribution in [0.15, 0.2) is 12.7 Å². The molecule has 0 amide bonds. The van der Waals surface area contributed by atoms with Crippen LogP contribution in [-0.4, -0.2) is 24.7 Å². The first kappa shape index (κ1) is 7.96. The molecule has 0 rings (SSSR count). The summed E-state index contributed by atoms with van der Waals surface area (Å²) in [5.74, 6) is 1.11. The Morgan fingerprint density at radius 1 is 1.86 bits per heavy atom. The number of hydrogen-bond acceptors (Lipinski definition) is 2. The van der Waals surface area contributed by atoms with Crippen LogP contribution in [0, 0.1) is 0 Å². The molecule has 0 aromatic heterocycles. The normalized spacial score (nSPS) is 8.71. The molecular weight excluding hydrogens is 191 g/mol. The van der Waals surface area contributed by atoms with Gasteiger partial charge in [-0.1, -0.05) is 0 Å². The Labute approximate surface area is 57.8 Å². The van der Waals surface area contributed by atoms with Gasteiger partial charge in [0.05, 0.1) is 0 Å². The molecule has 3 heteroatoms. The molecule has 0 fully saturated rings. The Kier molecular flexibility index (Phi) is 7.91. The summed E-state index contributed by atoms with van der Waals surface area (Å²) in [6, 6.07) is 0. The van der Waals surface area contributed by atoms with Crippen molar-refractivity contribution in [2.45, 2.75) is 0 Å². The molecule has 0 nitrogen and oxygen atoms in total. The fourth-order valence-electron chi connectivity index (χ4n) is 0.124. The van der Waals surface area contributed by atoms with E-state index in [0.29, 0.717) is 0 Å². The molecule has 0 aliphatic carbocycles. The molecule has 7 heavy (non-hydrogen) atoms. The van der Waals surface area contributed by atoms with E-state index >= 15 is 0 Å². The Morgan fingerprint density at radius 2 is 2.57 bits per heavy atom. The summed E-state index contributed by atoms with van der Waals surface area (Å²) in [6.45, 7) is 3.61. The Bertz CT molecular complexity index is 47.0. The van der Waals surface area contributed by atoms with Gasteiger partial charge in [0.1, 0.15) is 0 Å². The predicted molar refractivity (Wildman–Crippen MR) is 41.9 cm³/mol. The minimum atomic E-state index is 0.730. The summed E-state index contributed by atoms with van der Waals surface area (Å²) in [7, 11) is 3.88. The molecular formula is C4H8S2Se. The van der Waals surface area contributed by atoms with Crippen molar-refractivity contribution in [3.8, 4) is 0 Å². The van der Waals surface area contributed by atoms with E-state index in [1.54, 1.807) is 0 Å². The van der Waals surface area contributed by atoms with E-state index in [4.69, 9.17) is 0 Å². The summed E-state index contributed by atoms with van der Waals surface area (Å²) in [5.41, 5.74) is 0. The molecule has 0 unspecified atom stereocenters. The van der Waals surface area contributed by atoms with Gasteiger partial charge in [0.25, 0.3) is 0 Å². The van der Waals surface area contributed by atoms with Gasteiger partial charge in [-0.15, -0.1) is 0 Å². The van der Waals surface area contributed by atoms with Gasteiger partial charge in [-0.05, 0) is 0 Å². The van der Waals surface area contributed by atoms with Gasteiger partial charge in [-0.3, -0.25) is 0 Å². The zero-order valence-corrected chi connectivity index (χ0v) is 7.56. The predicted octanol–water partition coefficient (Wildman–Crippen LogP) is 1.80. The van der Waals surface area contributed by atoms with Crippen molar-refractivity contribution >= 4 is 33.1 Å². The third kappa shape index (κ3) is 6.96. The zero-order valence-electron chi connectivity index (χ0n) is 4.22. The Balaban J connectivity index is 2.56. The van der Waals surface area contributed by atoms with Crippen molar-refractivity contribution in [3.05, 3.63) is 12.7 Å². The van der Waals surface area contributed by atoms with E-state index < -0.39 is 0 Å². The molecule has 0 aromatic carbocycles. The Morgan fingerprint density at radius 3 is 3.00 bits per heavy atom. The second kappa shape index (κ2) is 6.96. The van der Waals surface area contributed by atoms with Gasteiger partial charge in [0.15, 0.2) is 0 Å². The SMILES string of the molecule is C=CCS[Se]SC. The maximum absolute atomic E-state index is 3.61. The van der Waals surface area contributed by atoms with Gasteiger partial charge < -0.3 is 0 Å². The number of hydrogen-bond donors (Lipinski definition) is 0. The second-order valence-electron chi connectivity index (χ2n) is 0.808. The van der Waals surface area contributed by atoms with Gasteiger partial charge in [0, 0.05) is 0 Å². The van der Waals surface area contributed by atoms with Crippen LogP contribution in [0.5, 0.6) is 0 Å². The van der Waals surface area contributed by atoms with Crippen LogP contribution in [0.25, 0.3) is 0 Å². The van der Waals surface area contributed by atoms with E-state index in [1.165, 1.54) is 0 Å². The maximum atomic E-state index is 3.61. The quantitative estimate of drug-likeness (QED) is 0.384. The van der Waals surface area contributed by atoms with Crippen molar-refractivity contribution in [1.82, 2.24) is 0 Å². The van der Waals surface area contributed by atoms with Crippen molar-refractivity contribution in [1.29, 1.82) is 0 Å². The van der Waals surface area contributed by atoms with Crippen molar-refractivity contribution in [2.75, 3.05) is 12.0 Å². The monoisotopic (exact) mass is 200 g/mol. The zero-order chi connectivity index (χ0) is 5.54. The molecule has 0 saturated carbocycles. The summed E-state index contributed by atoms with van der Waals surface area (Å²) < 4.78 is 0. The van der Waals surface area contributed by atoms with Gasteiger partial charge >= 0.3 is 57.7 Å². The summed E-state index contributed by atoms with van der Waals surface area (Å²) >= 11 is 0.730. The molecule has 42 valence electrons. The Hall–Kier alpha value is 0.959. The first-order valence-electron chi connectivity index (χ1n) is 1.85. The van der Waals surface area contributed by atoms with E-state index in [0.717, 1.165) is 18.5 Å². The van der Waals surface area contributed by atoms with Crippen LogP contribution < -0.4 is 0 Å². The van der Waals surface area contributed by atoms with E-state index in [9.17, 15) is 0 Å². The fourth-order valence-corrected chi connectivity index (χ4v) is 4.30. The standard InChI is InChI=1S/C4H8S2Se/c1-3-4-6-7-5-2/h3H,1,4H2,2H3. The minimum absolute atomic E-state index is 0.730. The van der Waals surface area contributed by atoms with Crippen LogP contribution >= 0.6 is 20.4 Å². The summed E-state index contributed by atoms with van der Waals surface area (Å²) in [4.78, 5) is 0. The third-order valence-corrected chi connectivity index (χ3v) is 6.85. The molecule has 0 atom stereocenters. The molecule has 0 spiro atoms. The molecule has 0 aliphatic heterocycles. The van der Waals surface area contributed by atoms with Gasteiger partial charge in [-0.25, -0.2) is 0 Å². The first-order valence-corrected chi connectivity index (χ1v) is 8.10. The first-order chi connectivity index (χ1) is 3.41. The number of rotatable bonds is 4.